The van der Waals surface area contributed by atoms with Crippen LogP contribution in [0, 0.1) is 5.92 Å². The summed E-state index contributed by atoms with van der Waals surface area (Å²) in [6.07, 6.45) is -4.34. The molecule has 0 saturated heterocycles. The van der Waals surface area contributed by atoms with Gasteiger partial charge in [-0.2, -0.15) is 11.8 Å². The lowest BCUT2D eigenvalue weighted by atomic mass is 9.88. The number of carbonyl (C=O) groups is 3. The number of carboxylic acid groups (broad SMARTS) is 1. The van der Waals surface area contributed by atoms with E-state index in [9.17, 15) is 29.7 Å². The molecule has 0 aliphatic rings. The van der Waals surface area contributed by atoms with Gasteiger partial charge in [0.2, 0.25) is 5.91 Å². The highest BCUT2D eigenvalue weighted by atomic mass is 32.2. The van der Waals surface area contributed by atoms with Gasteiger partial charge in [-0.3, -0.25) is 9.59 Å². The number of nitrogens with one attached hydrogen (secondary N) is 2. The maximum Gasteiger partial charge on any atom is 0.327 e. The van der Waals surface area contributed by atoms with Gasteiger partial charge in [-0.15, -0.1) is 0 Å². The summed E-state index contributed by atoms with van der Waals surface area (Å²) in [6.45, 7) is 0.675. The number of thioether (sulfide) groups is 1. The number of aliphatic hydroxyl groups excluding tert-OH is 4. The quantitative estimate of drug-likeness (QED) is 0.172. The van der Waals surface area contributed by atoms with Crippen molar-refractivity contribution in [3.63, 3.8) is 0 Å². The van der Waals surface area contributed by atoms with Crippen LogP contribution < -0.4 is 10.6 Å². The van der Waals surface area contributed by atoms with Crippen molar-refractivity contribution in [2.75, 3.05) is 25.7 Å². The standard InChI is InChI=1S/C15H28N2O8S/c1-7(16-2)10(19)4-8(12(21)13(22)11(20)5-18)14(23)17-9(6-26-3)15(24)25/h7-9,11-13,16,18,20-22H,4-6H2,1-3H3,(H,17,23)(H,24,25)/t7-,8-,9-,11+,12+,13+/m0/s1. The van der Waals surface area contributed by atoms with Gasteiger partial charge >= 0.3 is 5.97 Å². The van der Waals surface area contributed by atoms with E-state index < -0.39 is 67.0 Å². The van der Waals surface area contributed by atoms with Crippen LogP contribution in [0.5, 0.6) is 0 Å². The van der Waals surface area contributed by atoms with Crippen molar-refractivity contribution in [3.8, 4) is 0 Å². The van der Waals surface area contributed by atoms with Crippen LogP contribution in [0.4, 0.5) is 0 Å². The Kier molecular flexibility index (Phi) is 11.6. The van der Waals surface area contributed by atoms with Gasteiger partial charge < -0.3 is 36.2 Å². The first-order chi connectivity index (χ1) is 12.1. The summed E-state index contributed by atoms with van der Waals surface area (Å²) in [5.74, 6) is -4.12. The molecule has 0 bridgehead atoms. The fraction of sp³-hybridized carbons (Fsp3) is 0.800. The number of rotatable bonds is 13. The van der Waals surface area contributed by atoms with Gasteiger partial charge in [-0.1, -0.05) is 0 Å². The first kappa shape index (κ1) is 24.8. The van der Waals surface area contributed by atoms with Gasteiger partial charge in [0.25, 0.3) is 0 Å². The number of ketones is 1. The van der Waals surface area contributed by atoms with Crippen molar-refractivity contribution in [1.82, 2.24) is 10.6 Å². The molecule has 0 aromatic rings. The second-order valence-electron chi connectivity index (χ2n) is 5.87. The Labute approximate surface area is 156 Å². The third-order valence-electron chi connectivity index (χ3n) is 3.97. The van der Waals surface area contributed by atoms with Crippen molar-refractivity contribution < 1.29 is 39.9 Å². The summed E-state index contributed by atoms with van der Waals surface area (Å²) < 4.78 is 0. The maximum atomic E-state index is 12.5. The van der Waals surface area contributed by atoms with E-state index >= 15 is 0 Å². The third-order valence-corrected chi connectivity index (χ3v) is 4.63. The maximum absolute atomic E-state index is 12.5. The SMILES string of the molecule is CN[C@@H](C)C(=O)C[C@H](C(=O)N[C@@H](CSC)C(=O)O)[C@@H](O)[C@H](O)[C@H](O)CO. The Bertz CT molecular complexity index is 479. The third kappa shape index (κ3) is 7.56. The van der Waals surface area contributed by atoms with Gasteiger partial charge in [-0.05, 0) is 20.2 Å². The van der Waals surface area contributed by atoms with Crippen molar-refractivity contribution >= 4 is 29.4 Å². The summed E-state index contributed by atoms with van der Waals surface area (Å²) >= 11 is 1.18. The molecule has 26 heavy (non-hydrogen) atoms. The molecular weight excluding hydrogens is 368 g/mol. The molecule has 0 aromatic heterocycles. The van der Waals surface area contributed by atoms with Crippen LogP contribution in [0.2, 0.25) is 0 Å². The predicted octanol–water partition coefficient (Wildman–Crippen LogP) is -2.82. The number of Topliss-reactive ketones (excluding diaryl/α,β-unsaturated/α-hetero) is 1. The Morgan fingerprint density at radius 2 is 1.69 bits per heavy atom. The summed E-state index contributed by atoms with van der Waals surface area (Å²) in [4.78, 5) is 35.8. The summed E-state index contributed by atoms with van der Waals surface area (Å²) in [5, 5.41) is 52.5. The minimum atomic E-state index is -1.89. The number of aliphatic carboxylic acids is 1. The predicted molar refractivity (Wildman–Crippen MR) is 94.7 cm³/mol. The zero-order valence-electron chi connectivity index (χ0n) is 15.0. The molecule has 10 nitrogen and oxygen atoms in total. The molecule has 0 unspecified atom stereocenters. The number of hydrogen-bond acceptors (Lipinski definition) is 9. The molecule has 7 N–H and O–H groups in total. The number of amides is 1. The first-order valence-corrected chi connectivity index (χ1v) is 9.37. The summed E-state index contributed by atoms with van der Waals surface area (Å²) in [5.41, 5.74) is 0. The molecular formula is C15H28N2O8S. The molecule has 0 aliphatic carbocycles. The number of carbonyl (C=O) groups excluding carboxylic acids is 2. The monoisotopic (exact) mass is 396 g/mol. The smallest absolute Gasteiger partial charge is 0.327 e. The number of hydrogen-bond donors (Lipinski definition) is 7. The van der Waals surface area contributed by atoms with Crippen LogP contribution in [0.25, 0.3) is 0 Å². The van der Waals surface area contributed by atoms with Crippen LogP contribution in [0.15, 0.2) is 0 Å². The van der Waals surface area contributed by atoms with E-state index in [-0.39, 0.29) is 5.75 Å². The molecule has 0 rings (SSSR count). The fourth-order valence-electron chi connectivity index (χ4n) is 2.12. The number of carboxylic acids is 1. The van der Waals surface area contributed by atoms with E-state index in [1.807, 2.05) is 0 Å². The topological polar surface area (TPSA) is 176 Å². The van der Waals surface area contributed by atoms with Crippen LogP contribution in [0.1, 0.15) is 13.3 Å². The van der Waals surface area contributed by atoms with Crippen LogP contribution >= 0.6 is 11.8 Å². The molecule has 0 aromatic carbocycles. The number of aliphatic hydroxyl groups is 4. The van der Waals surface area contributed by atoms with Crippen LogP contribution in [-0.2, 0) is 14.4 Å². The van der Waals surface area contributed by atoms with Gasteiger partial charge in [-0.25, -0.2) is 4.79 Å². The van der Waals surface area contributed by atoms with E-state index in [4.69, 9.17) is 10.2 Å². The van der Waals surface area contributed by atoms with Crippen molar-refractivity contribution in [2.24, 2.45) is 5.92 Å². The highest BCUT2D eigenvalue weighted by Crippen LogP contribution is 2.18. The molecule has 1 amide bonds. The van der Waals surface area contributed by atoms with Gasteiger partial charge in [0.15, 0.2) is 0 Å². The molecule has 0 saturated carbocycles. The van der Waals surface area contributed by atoms with Crippen molar-refractivity contribution in [1.29, 1.82) is 0 Å². The average molecular weight is 396 g/mol. The van der Waals surface area contributed by atoms with E-state index in [0.717, 1.165) is 0 Å². The first-order valence-electron chi connectivity index (χ1n) is 7.97. The molecule has 0 heterocycles. The second-order valence-corrected chi connectivity index (χ2v) is 6.78. The summed E-state index contributed by atoms with van der Waals surface area (Å²) in [6, 6.07) is -1.89. The van der Waals surface area contributed by atoms with Gasteiger partial charge in [0.1, 0.15) is 24.0 Å². The highest BCUT2D eigenvalue weighted by Gasteiger charge is 2.38. The average Bonchev–Trinajstić information content (AvgIpc) is 2.62. The molecule has 11 heteroatoms. The van der Waals surface area contributed by atoms with Crippen LogP contribution in [0.3, 0.4) is 0 Å². The van der Waals surface area contributed by atoms with Gasteiger partial charge in [0.05, 0.1) is 24.7 Å². The lowest BCUT2D eigenvalue weighted by Gasteiger charge is -2.29. The van der Waals surface area contributed by atoms with Crippen molar-refractivity contribution in [2.45, 2.75) is 43.7 Å². The zero-order valence-corrected chi connectivity index (χ0v) is 15.8. The molecule has 6 atom stereocenters. The minimum Gasteiger partial charge on any atom is -0.480 e. The molecule has 0 aliphatic heterocycles. The lowest BCUT2D eigenvalue weighted by Crippen LogP contribution is -2.53. The minimum absolute atomic E-state index is 0.0621. The largest absolute Gasteiger partial charge is 0.480 e. The summed E-state index contributed by atoms with van der Waals surface area (Å²) in [7, 11) is 1.53. The molecule has 0 spiro atoms. The molecule has 0 radical (unpaired) electrons. The molecule has 152 valence electrons. The van der Waals surface area contributed by atoms with E-state index in [2.05, 4.69) is 10.6 Å². The van der Waals surface area contributed by atoms with Crippen molar-refractivity contribution in [3.05, 3.63) is 0 Å². The van der Waals surface area contributed by atoms with Crippen LogP contribution in [-0.4, -0.2) is 99.3 Å². The Balaban J connectivity index is 5.44. The van der Waals surface area contributed by atoms with E-state index in [0.29, 0.717) is 0 Å². The normalized spacial score (nSPS) is 18.3. The Hall–Kier alpha value is -1.24. The van der Waals surface area contributed by atoms with E-state index in [1.165, 1.54) is 25.7 Å². The van der Waals surface area contributed by atoms with Gasteiger partial charge in [0, 0.05) is 12.2 Å². The Morgan fingerprint density at radius 3 is 2.12 bits per heavy atom. The molecule has 0 fully saturated rings. The Morgan fingerprint density at radius 1 is 1.12 bits per heavy atom. The highest BCUT2D eigenvalue weighted by molar-refractivity contribution is 7.98. The van der Waals surface area contributed by atoms with E-state index in [1.54, 1.807) is 6.26 Å². The fourth-order valence-corrected chi connectivity index (χ4v) is 2.68. The number of likely N-dealkylation sites (N-methyl/N-ethyl adjacent to an activating group) is 1. The lowest BCUT2D eigenvalue weighted by molar-refractivity contribution is -0.147. The zero-order chi connectivity index (χ0) is 20.4. The second kappa shape index (κ2) is 12.2.